The average molecular weight is 532 g/mol. The summed E-state index contributed by atoms with van der Waals surface area (Å²) in [5, 5.41) is 13.0. The zero-order valence-corrected chi connectivity index (χ0v) is 22.5. The van der Waals surface area contributed by atoms with E-state index in [2.05, 4.69) is 27.3 Å². The minimum atomic E-state index is -2.79. The lowest BCUT2D eigenvalue weighted by Gasteiger charge is -2.47. The summed E-state index contributed by atoms with van der Waals surface area (Å²) in [6.07, 6.45) is 6.09. The number of nitrogens with zero attached hydrogens (tertiary/aromatic N) is 4. The number of fused-ring (bicyclic) bond motifs is 2. The van der Waals surface area contributed by atoms with Gasteiger partial charge in [-0.1, -0.05) is 25.5 Å². The molecule has 9 heteroatoms. The molecule has 2 saturated heterocycles. The van der Waals surface area contributed by atoms with Crippen molar-refractivity contribution in [1.29, 1.82) is 0 Å². The van der Waals surface area contributed by atoms with Crippen LogP contribution in [-0.2, 0) is 4.79 Å². The molecule has 1 aromatic rings. The standard InChI is InChI=1S/C29H40F3N5O/c1-3-10-29(19(2)34-36-35-29)21-17-23-7-8-24(18-21)37(23)15-9-25(20-5-4-6-22(30)16-20)27(26(33)38)11-13-28(31,32)14-12-27/h4-6,16,21,23-25H,3,7-15,17-18H2,1-2H3,(H2,33,38)/t21?,23?,24?,25-,29?/m0/s1. The van der Waals surface area contributed by atoms with Crippen molar-refractivity contribution in [3.8, 4) is 0 Å². The molecule has 1 aliphatic carbocycles. The Balaban J connectivity index is 1.37. The van der Waals surface area contributed by atoms with Gasteiger partial charge in [-0.05, 0) is 99.6 Å². The van der Waals surface area contributed by atoms with Crippen LogP contribution in [0, 0.1) is 17.2 Å². The summed E-state index contributed by atoms with van der Waals surface area (Å²) in [7, 11) is 0. The largest absolute Gasteiger partial charge is 0.369 e. The molecule has 0 radical (unpaired) electrons. The Labute approximate surface area is 223 Å². The highest BCUT2D eigenvalue weighted by Crippen LogP contribution is 2.53. The molecule has 208 valence electrons. The van der Waals surface area contributed by atoms with Crippen LogP contribution in [0.2, 0.25) is 0 Å². The van der Waals surface area contributed by atoms with Gasteiger partial charge in [0.15, 0.2) is 0 Å². The van der Waals surface area contributed by atoms with Crippen molar-refractivity contribution >= 4 is 11.6 Å². The molecule has 2 N–H and O–H groups in total. The Morgan fingerprint density at radius 3 is 2.39 bits per heavy atom. The van der Waals surface area contributed by atoms with Crippen LogP contribution in [0.5, 0.6) is 0 Å². The van der Waals surface area contributed by atoms with Crippen molar-refractivity contribution in [3.05, 3.63) is 35.6 Å². The lowest BCUT2D eigenvalue weighted by Crippen LogP contribution is -2.52. The van der Waals surface area contributed by atoms with Crippen LogP contribution in [0.25, 0.3) is 0 Å². The number of carbonyl (C=O) groups excluding carboxylic acids is 1. The second-order valence-corrected chi connectivity index (χ2v) is 12.1. The van der Waals surface area contributed by atoms with E-state index in [4.69, 9.17) is 5.73 Å². The third kappa shape index (κ3) is 4.80. The second-order valence-electron chi connectivity index (χ2n) is 12.1. The highest BCUT2D eigenvalue weighted by molar-refractivity contribution is 5.92. The minimum Gasteiger partial charge on any atom is -0.369 e. The number of halogens is 3. The Hall–Kier alpha value is -2.29. The van der Waals surface area contributed by atoms with Gasteiger partial charge in [-0.3, -0.25) is 9.69 Å². The lowest BCUT2D eigenvalue weighted by atomic mass is 9.61. The number of rotatable bonds is 9. The van der Waals surface area contributed by atoms with Crippen LogP contribution in [0.1, 0.15) is 96.0 Å². The van der Waals surface area contributed by atoms with Crippen LogP contribution in [-0.4, -0.2) is 46.6 Å². The number of hydrogen-bond donors (Lipinski definition) is 1. The summed E-state index contributed by atoms with van der Waals surface area (Å²) in [4.78, 5) is 15.5. The zero-order chi connectivity index (χ0) is 27.1. The highest BCUT2D eigenvalue weighted by Gasteiger charge is 2.54. The Morgan fingerprint density at radius 1 is 1.16 bits per heavy atom. The van der Waals surface area contributed by atoms with Crippen LogP contribution in [0.4, 0.5) is 13.2 Å². The van der Waals surface area contributed by atoms with Crippen molar-refractivity contribution in [2.75, 3.05) is 6.54 Å². The number of benzene rings is 1. The van der Waals surface area contributed by atoms with Gasteiger partial charge < -0.3 is 5.73 Å². The number of hydrogen-bond acceptors (Lipinski definition) is 5. The van der Waals surface area contributed by atoms with Gasteiger partial charge in [0.1, 0.15) is 11.4 Å². The summed E-state index contributed by atoms with van der Waals surface area (Å²) >= 11 is 0. The van der Waals surface area contributed by atoms with Gasteiger partial charge in [-0.2, -0.15) is 5.11 Å². The fourth-order valence-corrected chi connectivity index (χ4v) is 8.14. The molecule has 6 nitrogen and oxygen atoms in total. The number of carbonyl (C=O) groups is 1. The molecule has 1 amide bonds. The van der Waals surface area contributed by atoms with Crippen LogP contribution in [0.15, 0.2) is 39.7 Å². The van der Waals surface area contributed by atoms with Gasteiger partial charge >= 0.3 is 0 Å². The molecule has 0 spiro atoms. The molecule has 0 aromatic heterocycles. The van der Waals surface area contributed by atoms with E-state index in [-0.39, 0.29) is 31.2 Å². The SMILES string of the molecule is CCCC1(C2CC3CCC(C2)N3CC[C@@H](c2cccc(F)c2)C2(C(N)=O)CCC(F)(F)CC2)N=NN=C1C. The van der Waals surface area contributed by atoms with Crippen molar-refractivity contribution in [2.24, 2.45) is 32.5 Å². The second kappa shape index (κ2) is 10.4. The van der Waals surface area contributed by atoms with Crippen molar-refractivity contribution < 1.29 is 18.0 Å². The van der Waals surface area contributed by atoms with Crippen molar-refractivity contribution in [1.82, 2.24) is 4.90 Å². The Morgan fingerprint density at radius 2 is 1.84 bits per heavy atom. The van der Waals surface area contributed by atoms with E-state index in [0.29, 0.717) is 30.0 Å². The zero-order valence-electron chi connectivity index (χ0n) is 22.5. The molecule has 4 aliphatic rings. The molecule has 5 rings (SSSR count). The van der Waals surface area contributed by atoms with Crippen LogP contribution < -0.4 is 5.73 Å². The predicted octanol–water partition coefficient (Wildman–Crippen LogP) is 6.60. The number of nitrogens with two attached hydrogens (primary N) is 1. The third-order valence-electron chi connectivity index (χ3n) is 10.2. The number of piperidine rings is 1. The molecular formula is C29H40F3N5O. The summed E-state index contributed by atoms with van der Waals surface area (Å²) in [6, 6.07) is 7.05. The maximum absolute atomic E-state index is 14.3. The first-order chi connectivity index (χ1) is 18.1. The van der Waals surface area contributed by atoms with E-state index in [1.807, 2.05) is 13.0 Å². The number of alkyl halides is 2. The first-order valence-corrected chi connectivity index (χ1v) is 14.3. The Kier molecular flexibility index (Phi) is 7.44. The van der Waals surface area contributed by atoms with E-state index >= 15 is 0 Å². The molecule has 4 atom stereocenters. The van der Waals surface area contributed by atoms with E-state index < -0.39 is 29.0 Å². The topological polar surface area (TPSA) is 83.4 Å². The van der Waals surface area contributed by atoms with Crippen LogP contribution in [0.3, 0.4) is 0 Å². The Bertz CT molecular complexity index is 1080. The van der Waals surface area contributed by atoms with E-state index in [9.17, 15) is 18.0 Å². The van der Waals surface area contributed by atoms with E-state index in [1.165, 1.54) is 12.1 Å². The molecule has 3 unspecified atom stereocenters. The minimum absolute atomic E-state index is 0.0224. The summed E-state index contributed by atoms with van der Waals surface area (Å²) in [5.74, 6) is -3.75. The fourth-order valence-electron chi connectivity index (χ4n) is 8.14. The highest BCUT2D eigenvalue weighted by atomic mass is 19.3. The smallest absolute Gasteiger partial charge is 0.248 e. The fraction of sp³-hybridized carbons (Fsp3) is 0.724. The molecule has 1 saturated carbocycles. The van der Waals surface area contributed by atoms with E-state index in [1.54, 1.807) is 6.07 Å². The summed E-state index contributed by atoms with van der Waals surface area (Å²) < 4.78 is 42.6. The molecule has 38 heavy (non-hydrogen) atoms. The normalized spacial score (nSPS) is 32.8. The maximum Gasteiger partial charge on any atom is 0.248 e. The van der Waals surface area contributed by atoms with Gasteiger partial charge in [-0.15, -0.1) is 5.10 Å². The number of amides is 1. The maximum atomic E-state index is 14.3. The lowest BCUT2D eigenvalue weighted by molar-refractivity contribution is -0.138. The van der Waals surface area contributed by atoms with Gasteiger partial charge in [0, 0.05) is 24.9 Å². The summed E-state index contributed by atoms with van der Waals surface area (Å²) in [5.41, 5.74) is 6.26. The quantitative estimate of drug-likeness (QED) is 0.389. The van der Waals surface area contributed by atoms with Gasteiger partial charge in [0.05, 0.1) is 11.1 Å². The van der Waals surface area contributed by atoms with Gasteiger partial charge in [0.2, 0.25) is 11.8 Å². The monoisotopic (exact) mass is 531 g/mol. The van der Waals surface area contributed by atoms with Crippen molar-refractivity contribution in [2.45, 2.75) is 114 Å². The third-order valence-corrected chi connectivity index (χ3v) is 10.2. The average Bonchev–Trinajstić information content (AvgIpc) is 3.35. The molecule has 1 aromatic carbocycles. The first kappa shape index (κ1) is 27.3. The van der Waals surface area contributed by atoms with Crippen LogP contribution >= 0.6 is 0 Å². The number of primary amides is 1. The molecule has 3 fully saturated rings. The van der Waals surface area contributed by atoms with E-state index in [0.717, 1.165) is 50.8 Å². The molecular weight excluding hydrogens is 491 g/mol. The van der Waals surface area contributed by atoms with Gasteiger partial charge in [-0.25, -0.2) is 13.2 Å². The summed E-state index contributed by atoms with van der Waals surface area (Å²) in [6.45, 7) is 4.95. The molecule has 3 aliphatic heterocycles. The predicted molar refractivity (Wildman–Crippen MR) is 141 cm³/mol. The first-order valence-electron chi connectivity index (χ1n) is 14.3. The molecule has 2 bridgehead atoms. The van der Waals surface area contributed by atoms with Gasteiger partial charge in [0.25, 0.3) is 0 Å². The molecule has 3 heterocycles. The van der Waals surface area contributed by atoms with Crippen molar-refractivity contribution in [3.63, 3.8) is 0 Å².